The van der Waals surface area contributed by atoms with Crippen LogP contribution in [0.25, 0.3) is 5.76 Å². The van der Waals surface area contributed by atoms with E-state index in [4.69, 9.17) is 0 Å². The molecule has 1 aliphatic rings. The molecule has 1 fully saturated rings. The van der Waals surface area contributed by atoms with Gasteiger partial charge in [0.25, 0.3) is 11.7 Å². The van der Waals surface area contributed by atoms with Crippen molar-refractivity contribution in [2.24, 2.45) is 0 Å². The van der Waals surface area contributed by atoms with E-state index >= 15 is 0 Å². The molecule has 0 saturated carbocycles. The third kappa shape index (κ3) is 4.64. The molecule has 0 aliphatic carbocycles. The van der Waals surface area contributed by atoms with Crippen LogP contribution in [0.4, 0.5) is 17.1 Å². The first-order valence-electron chi connectivity index (χ1n) is 12.2. The number of benzene rings is 4. The van der Waals surface area contributed by atoms with Gasteiger partial charge in [-0.3, -0.25) is 14.5 Å². The van der Waals surface area contributed by atoms with Crippen molar-refractivity contribution in [1.29, 1.82) is 0 Å². The first-order valence-corrected chi connectivity index (χ1v) is 12.2. The Morgan fingerprint density at radius 2 is 1.43 bits per heavy atom. The van der Waals surface area contributed by atoms with E-state index in [0.717, 1.165) is 33.6 Å². The van der Waals surface area contributed by atoms with Crippen LogP contribution >= 0.6 is 0 Å². The van der Waals surface area contributed by atoms with Crippen LogP contribution < -0.4 is 10.2 Å². The van der Waals surface area contributed by atoms with E-state index in [1.807, 2.05) is 118 Å². The molecule has 1 heterocycles. The number of carbonyl (C=O) groups excluding carboxylic acids is 2. The Labute approximate surface area is 216 Å². The topological polar surface area (TPSA) is 69.6 Å². The van der Waals surface area contributed by atoms with Gasteiger partial charge in [0.05, 0.1) is 11.6 Å². The average Bonchev–Trinajstić information content (AvgIpc) is 3.16. The number of aliphatic hydroxyl groups excluding tert-OH is 1. The fraction of sp³-hybridized carbons (Fsp3) is 0.125. The standard InChI is InChI=1S/C32H28N2O3/c1-20-8-7-9-23(18-20)29-28(30(35)27-19-21(2)12-13-22(27)3)31(36)32(37)34(29)26-16-14-25(15-17-26)33-24-10-5-4-6-11-24/h4-19,29,33,35H,1-3H3/b30-28+. The summed E-state index contributed by atoms with van der Waals surface area (Å²) < 4.78 is 0. The highest BCUT2D eigenvalue weighted by Crippen LogP contribution is 2.43. The van der Waals surface area contributed by atoms with Crippen LogP contribution in [0.15, 0.2) is 103 Å². The third-order valence-corrected chi connectivity index (χ3v) is 6.66. The Hall–Kier alpha value is -4.64. The fourth-order valence-corrected chi connectivity index (χ4v) is 4.78. The highest BCUT2D eigenvalue weighted by atomic mass is 16.3. The van der Waals surface area contributed by atoms with Crippen molar-refractivity contribution in [3.8, 4) is 0 Å². The van der Waals surface area contributed by atoms with Crippen molar-refractivity contribution >= 4 is 34.5 Å². The molecule has 5 nitrogen and oxygen atoms in total. The van der Waals surface area contributed by atoms with E-state index < -0.39 is 17.7 Å². The molecule has 184 valence electrons. The summed E-state index contributed by atoms with van der Waals surface area (Å²) in [6, 6.07) is 29.8. The van der Waals surface area contributed by atoms with Crippen LogP contribution in [0, 0.1) is 20.8 Å². The lowest BCUT2D eigenvalue weighted by atomic mass is 9.92. The van der Waals surface area contributed by atoms with E-state index in [9.17, 15) is 14.7 Å². The normalized spacial score (nSPS) is 16.7. The molecule has 2 N–H and O–H groups in total. The molecule has 1 saturated heterocycles. The Kier molecular flexibility index (Phi) is 6.36. The SMILES string of the molecule is Cc1cccc(C2/C(=C(\O)c3cc(C)ccc3C)C(=O)C(=O)N2c2ccc(Nc3ccccc3)cc2)c1. The minimum absolute atomic E-state index is 0.0933. The zero-order valence-corrected chi connectivity index (χ0v) is 21.0. The van der Waals surface area contributed by atoms with Crippen LogP contribution in [-0.2, 0) is 9.59 Å². The maximum Gasteiger partial charge on any atom is 0.300 e. The zero-order chi connectivity index (χ0) is 26.1. The molecule has 0 radical (unpaired) electrons. The Morgan fingerprint density at radius 1 is 0.757 bits per heavy atom. The number of Topliss-reactive ketones (excluding diaryl/α,β-unsaturated/α-hetero) is 1. The van der Waals surface area contributed by atoms with Gasteiger partial charge >= 0.3 is 0 Å². The summed E-state index contributed by atoms with van der Waals surface area (Å²) in [5, 5.41) is 14.8. The molecule has 0 spiro atoms. The highest BCUT2D eigenvalue weighted by molar-refractivity contribution is 6.51. The van der Waals surface area contributed by atoms with Gasteiger partial charge in [-0.15, -0.1) is 0 Å². The second kappa shape index (κ2) is 9.78. The summed E-state index contributed by atoms with van der Waals surface area (Å²) in [6.07, 6.45) is 0. The maximum atomic E-state index is 13.5. The lowest BCUT2D eigenvalue weighted by molar-refractivity contribution is -0.132. The number of aryl methyl sites for hydroxylation is 3. The molecule has 1 aliphatic heterocycles. The van der Waals surface area contributed by atoms with Gasteiger partial charge in [0.15, 0.2) is 0 Å². The molecule has 0 bridgehead atoms. The Balaban J connectivity index is 1.62. The van der Waals surface area contributed by atoms with Gasteiger partial charge in [0, 0.05) is 22.6 Å². The number of amides is 1. The van der Waals surface area contributed by atoms with Crippen molar-refractivity contribution in [2.75, 3.05) is 10.2 Å². The summed E-state index contributed by atoms with van der Waals surface area (Å²) in [7, 11) is 0. The highest BCUT2D eigenvalue weighted by Gasteiger charge is 2.47. The molecular formula is C32H28N2O3. The van der Waals surface area contributed by atoms with Gasteiger partial charge < -0.3 is 10.4 Å². The van der Waals surface area contributed by atoms with Crippen LogP contribution in [0.2, 0.25) is 0 Å². The molecule has 0 aromatic heterocycles. The second-order valence-electron chi connectivity index (χ2n) is 9.44. The zero-order valence-electron chi connectivity index (χ0n) is 21.0. The largest absolute Gasteiger partial charge is 0.507 e. The summed E-state index contributed by atoms with van der Waals surface area (Å²) in [6.45, 7) is 5.77. The quantitative estimate of drug-likeness (QED) is 0.181. The van der Waals surface area contributed by atoms with Crippen molar-refractivity contribution in [1.82, 2.24) is 0 Å². The first kappa shape index (κ1) is 24.1. The Bertz CT molecular complexity index is 1520. The van der Waals surface area contributed by atoms with Crippen molar-refractivity contribution in [3.63, 3.8) is 0 Å². The Morgan fingerprint density at radius 3 is 2.14 bits per heavy atom. The molecular weight excluding hydrogens is 460 g/mol. The smallest absolute Gasteiger partial charge is 0.300 e. The fourth-order valence-electron chi connectivity index (χ4n) is 4.78. The van der Waals surface area contributed by atoms with E-state index in [-0.39, 0.29) is 11.3 Å². The predicted molar refractivity (Wildman–Crippen MR) is 148 cm³/mol. The minimum atomic E-state index is -0.757. The third-order valence-electron chi connectivity index (χ3n) is 6.66. The number of hydrogen-bond donors (Lipinski definition) is 2. The average molecular weight is 489 g/mol. The molecule has 5 heteroatoms. The van der Waals surface area contributed by atoms with Gasteiger partial charge in [-0.05, 0) is 74.4 Å². The van der Waals surface area contributed by atoms with E-state index in [0.29, 0.717) is 11.3 Å². The second-order valence-corrected chi connectivity index (χ2v) is 9.44. The van der Waals surface area contributed by atoms with E-state index in [2.05, 4.69) is 5.32 Å². The number of nitrogens with one attached hydrogen (secondary N) is 1. The number of rotatable bonds is 5. The van der Waals surface area contributed by atoms with Crippen molar-refractivity contribution in [3.05, 3.63) is 130 Å². The molecule has 5 rings (SSSR count). The number of hydrogen-bond acceptors (Lipinski definition) is 4. The molecule has 1 amide bonds. The van der Waals surface area contributed by atoms with Crippen LogP contribution in [0.5, 0.6) is 0 Å². The van der Waals surface area contributed by atoms with Crippen molar-refractivity contribution in [2.45, 2.75) is 26.8 Å². The summed E-state index contributed by atoms with van der Waals surface area (Å²) >= 11 is 0. The summed E-state index contributed by atoms with van der Waals surface area (Å²) in [4.78, 5) is 28.4. The summed E-state index contributed by atoms with van der Waals surface area (Å²) in [5.74, 6) is -1.52. The monoisotopic (exact) mass is 488 g/mol. The van der Waals surface area contributed by atoms with Gasteiger partial charge in [-0.2, -0.15) is 0 Å². The van der Waals surface area contributed by atoms with Crippen LogP contribution in [0.1, 0.15) is 33.9 Å². The maximum absolute atomic E-state index is 13.5. The molecule has 4 aromatic carbocycles. The summed E-state index contributed by atoms with van der Waals surface area (Å²) in [5.41, 5.74) is 6.57. The lowest BCUT2D eigenvalue weighted by Crippen LogP contribution is -2.29. The minimum Gasteiger partial charge on any atom is -0.507 e. The number of carbonyl (C=O) groups is 2. The molecule has 37 heavy (non-hydrogen) atoms. The number of ketones is 1. The molecule has 4 aromatic rings. The van der Waals surface area contributed by atoms with Gasteiger partial charge in [0.2, 0.25) is 0 Å². The van der Waals surface area contributed by atoms with Gasteiger partial charge in [0.1, 0.15) is 5.76 Å². The molecule has 1 unspecified atom stereocenters. The number of anilines is 3. The number of para-hydroxylation sites is 1. The van der Waals surface area contributed by atoms with Crippen LogP contribution in [0.3, 0.4) is 0 Å². The molecule has 1 atom stereocenters. The number of aliphatic hydroxyl groups is 1. The first-order chi connectivity index (χ1) is 17.8. The number of nitrogens with zero attached hydrogens (tertiary/aromatic N) is 1. The van der Waals surface area contributed by atoms with Crippen molar-refractivity contribution < 1.29 is 14.7 Å². The van der Waals surface area contributed by atoms with Crippen LogP contribution in [-0.4, -0.2) is 16.8 Å². The van der Waals surface area contributed by atoms with E-state index in [1.54, 1.807) is 0 Å². The van der Waals surface area contributed by atoms with E-state index in [1.165, 1.54) is 4.90 Å². The van der Waals surface area contributed by atoms with Gasteiger partial charge in [-0.25, -0.2) is 0 Å². The van der Waals surface area contributed by atoms with Gasteiger partial charge in [-0.1, -0.05) is 65.7 Å². The lowest BCUT2D eigenvalue weighted by Gasteiger charge is -2.26. The predicted octanol–water partition coefficient (Wildman–Crippen LogP) is 6.98.